The standard InChI is InChI=1S/C26H43NO7Si/c1-25(2,3)35(6,7)32-17-21-23-22(33-26(4,5)34-23)20(14-13-19(29)15-28)27(21)24(30)31-16-18-11-9-8-10-12-18/h8-12,19-23,28-29H,13-17H2,1-7H3/t19-,20+,21+,22-,23+/m0/s1. The van der Waals surface area contributed by atoms with E-state index >= 15 is 0 Å². The molecule has 5 atom stereocenters. The van der Waals surface area contributed by atoms with E-state index in [1.54, 1.807) is 4.90 Å². The molecule has 0 aromatic heterocycles. The number of aliphatic hydroxyl groups is 2. The van der Waals surface area contributed by atoms with Crippen LogP contribution in [0.3, 0.4) is 0 Å². The zero-order valence-electron chi connectivity index (χ0n) is 22.2. The Bertz CT molecular complexity index is 842. The number of ether oxygens (including phenoxy) is 3. The largest absolute Gasteiger partial charge is 0.445 e. The molecule has 8 nitrogen and oxygen atoms in total. The zero-order chi connectivity index (χ0) is 26.0. The van der Waals surface area contributed by atoms with Crippen LogP contribution in [0.2, 0.25) is 18.1 Å². The first kappa shape index (κ1) is 28.1. The summed E-state index contributed by atoms with van der Waals surface area (Å²) in [6.07, 6.45) is -1.32. The maximum Gasteiger partial charge on any atom is 0.410 e. The highest BCUT2D eigenvalue weighted by molar-refractivity contribution is 6.74. The molecule has 2 saturated heterocycles. The van der Waals surface area contributed by atoms with Crippen LogP contribution >= 0.6 is 0 Å². The number of carbonyl (C=O) groups excluding carboxylic acids is 1. The summed E-state index contributed by atoms with van der Waals surface area (Å²) in [6.45, 7) is 14.8. The van der Waals surface area contributed by atoms with Gasteiger partial charge in [0.2, 0.25) is 0 Å². The van der Waals surface area contributed by atoms with E-state index in [1.165, 1.54) is 0 Å². The number of likely N-dealkylation sites (tertiary alicyclic amines) is 1. The number of rotatable bonds is 9. The molecular formula is C26H43NO7Si. The van der Waals surface area contributed by atoms with Gasteiger partial charge in [-0.05, 0) is 50.4 Å². The molecule has 0 bridgehead atoms. The Morgan fingerprint density at radius 3 is 2.31 bits per heavy atom. The summed E-state index contributed by atoms with van der Waals surface area (Å²) in [6, 6.07) is 8.78. The smallest absolute Gasteiger partial charge is 0.410 e. The fourth-order valence-corrected chi connectivity index (χ4v) is 5.50. The van der Waals surface area contributed by atoms with Crippen LogP contribution in [-0.2, 0) is 25.2 Å². The van der Waals surface area contributed by atoms with Gasteiger partial charge in [-0.2, -0.15) is 0 Å². The second-order valence-electron chi connectivity index (χ2n) is 11.6. The van der Waals surface area contributed by atoms with Gasteiger partial charge in [0, 0.05) is 0 Å². The molecule has 1 aromatic rings. The summed E-state index contributed by atoms with van der Waals surface area (Å²) < 4.78 is 24.9. The summed E-state index contributed by atoms with van der Waals surface area (Å²) >= 11 is 0. The van der Waals surface area contributed by atoms with Crippen LogP contribution in [-0.4, -0.2) is 78.9 Å². The minimum absolute atomic E-state index is 0.0145. The van der Waals surface area contributed by atoms with Crippen molar-refractivity contribution < 1.29 is 33.6 Å². The molecule has 1 amide bonds. The monoisotopic (exact) mass is 509 g/mol. The third kappa shape index (κ3) is 6.64. The van der Waals surface area contributed by atoms with Crippen LogP contribution in [0.1, 0.15) is 53.0 Å². The molecule has 0 radical (unpaired) electrons. The van der Waals surface area contributed by atoms with Crippen molar-refractivity contribution in [3.8, 4) is 0 Å². The highest BCUT2D eigenvalue weighted by Crippen LogP contribution is 2.44. The van der Waals surface area contributed by atoms with E-state index in [9.17, 15) is 15.0 Å². The lowest BCUT2D eigenvalue weighted by molar-refractivity contribution is -0.168. The number of amides is 1. The van der Waals surface area contributed by atoms with E-state index in [2.05, 4.69) is 33.9 Å². The zero-order valence-corrected chi connectivity index (χ0v) is 23.2. The molecule has 198 valence electrons. The molecule has 0 unspecified atom stereocenters. The third-order valence-corrected chi connectivity index (χ3v) is 12.0. The van der Waals surface area contributed by atoms with E-state index < -0.39 is 32.3 Å². The number of hydrogen-bond donors (Lipinski definition) is 2. The lowest BCUT2D eigenvalue weighted by Crippen LogP contribution is -2.51. The van der Waals surface area contributed by atoms with E-state index in [1.807, 2.05) is 44.2 Å². The Labute approximate surface area is 210 Å². The number of nitrogens with zero attached hydrogens (tertiary/aromatic N) is 1. The van der Waals surface area contributed by atoms with Gasteiger partial charge in [-0.15, -0.1) is 0 Å². The molecule has 3 rings (SSSR count). The molecule has 2 aliphatic rings. The molecule has 1 aromatic carbocycles. The van der Waals surface area contributed by atoms with E-state index in [0.717, 1.165) is 5.56 Å². The molecule has 9 heteroatoms. The van der Waals surface area contributed by atoms with Crippen LogP contribution in [0, 0.1) is 0 Å². The predicted molar refractivity (Wildman–Crippen MR) is 135 cm³/mol. The number of aliphatic hydroxyl groups excluding tert-OH is 2. The SMILES string of the molecule is CC1(C)O[C@@H]2[C@H](O1)[C@@H](CO[Si](C)(C)C(C)(C)C)N(C(=O)OCc1ccccc1)[C@@H]2CC[C@H](O)CO. The number of carbonyl (C=O) groups is 1. The second-order valence-corrected chi connectivity index (χ2v) is 16.4. The summed E-state index contributed by atoms with van der Waals surface area (Å²) in [5.74, 6) is -0.793. The summed E-state index contributed by atoms with van der Waals surface area (Å²) in [5.41, 5.74) is 0.898. The summed E-state index contributed by atoms with van der Waals surface area (Å²) in [4.78, 5) is 15.2. The van der Waals surface area contributed by atoms with E-state index in [0.29, 0.717) is 19.4 Å². The van der Waals surface area contributed by atoms with Gasteiger partial charge < -0.3 is 28.8 Å². The van der Waals surface area contributed by atoms with E-state index in [-0.39, 0.29) is 36.5 Å². The fourth-order valence-electron chi connectivity index (χ4n) is 4.48. The lowest BCUT2D eigenvalue weighted by atomic mass is 10.0. The number of benzene rings is 1. The van der Waals surface area contributed by atoms with Gasteiger partial charge in [0.1, 0.15) is 18.8 Å². The first-order chi connectivity index (χ1) is 16.3. The van der Waals surface area contributed by atoms with Crippen molar-refractivity contribution in [1.29, 1.82) is 0 Å². The van der Waals surface area contributed by atoms with Crippen LogP contribution in [0.4, 0.5) is 4.79 Å². The predicted octanol–water partition coefficient (Wildman–Crippen LogP) is 4.05. The Morgan fingerprint density at radius 1 is 1.14 bits per heavy atom. The lowest BCUT2D eigenvalue weighted by Gasteiger charge is -2.39. The van der Waals surface area contributed by atoms with Gasteiger partial charge in [0.25, 0.3) is 0 Å². The Kier molecular flexibility index (Phi) is 8.72. The molecule has 2 aliphatic heterocycles. The van der Waals surface area contributed by atoms with Gasteiger partial charge >= 0.3 is 6.09 Å². The average Bonchev–Trinajstić information content (AvgIpc) is 3.24. The third-order valence-electron chi connectivity index (χ3n) is 7.48. The minimum atomic E-state index is -2.10. The highest BCUT2D eigenvalue weighted by Gasteiger charge is 2.59. The Balaban J connectivity index is 1.86. The van der Waals surface area contributed by atoms with Gasteiger partial charge in [0.15, 0.2) is 14.1 Å². The maximum atomic E-state index is 13.5. The summed E-state index contributed by atoms with van der Waals surface area (Å²) in [7, 11) is -2.10. The van der Waals surface area contributed by atoms with Crippen LogP contribution in [0.25, 0.3) is 0 Å². The minimum Gasteiger partial charge on any atom is -0.445 e. The van der Waals surface area contributed by atoms with Crippen LogP contribution in [0.15, 0.2) is 30.3 Å². The van der Waals surface area contributed by atoms with Gasteiger partial charge in [0.05, 0.1) is 31.4 Å². The van der Waals surface area contributed by atoms with Gasteiger partial charge in [-0.1, -0.05) is 51.1 Å². The average molecular weight is 510 g/mol. The van der Waals surface area contributed by atoms with Crippen molar-refractivity contribution in [2.75, 3.05) is 13.2 Å². The van der Waals surface area contributed by atoms with Crippen molar-refractivity contribution in [3.05, 3.63) is 35.9 Å². The molecule has 0 saturated carbocycles. The van der Waals surface area contributed by atoms with Crippen LogP contribution in [0.5, 0.6) is 0 Å². The van der Waals surface area contributed by atoms with Crippen molar-refractivity contribution in [1.82, 2.24) is 4.90 Å². The Hall–Kier alpha value is -1.49. The molecular weight excluding hydrogens is 466 g/mol. The molecule has 2 fully saturated rings. The van der Waals surface area contributed by atoms with Gasteiger partial charge in [-0.25, -0.2) is 4.79 Å². The first-order valence-electron chi connectivity index (χ1n) is 12.5. The second kappa shape index (κ2) is 10.9. The first-order valence-corrected chi connectivity index (χ1v) is 15.4. The molecule has 2 heterocycles. The fraction of sp³-hybridized carbons (Fsp3) is 0.731. The quantitative estimate of drug-likeness (QED) is 0.485. The van der Waals surface area contributed by atoms with Crippen molar-refractivity contribution in [2.45, 2.75) is 108 Å². The van der Waals surface area contributed by atoms with Gasteiger partial charge in [-0.3, -0.25) is 4.90 Å². The van der Waals surface area contributed by atoms with Crippen molar-refractivity contribution >= 4 is 14.4 Å². The number of hydrogen-bond acceptors (Lipinski definition) is 7. The highest BCUT2D eigenvalue weighted by atomic mass is 28.4. The van der Waals surface area contributed by atoms with Crippen molar-refractivity contribution in [2.24, 2.45) is 0 Å². The van der Waals surface area contributed by atoms with E-state index in [4.69, 9.17) is 18.6 Å². The van der Waals surface area contributed by atoms with Crippen molar-refractivity contribution in [3.63, 3.8) is 0 Å². The molecule has 2 N–H and O–H groups in total. The molecule has 0 aliphatic carbocycles. The topological polar surface area (TPSA) is 97.7 Å². The van der Waals surface area contributed by atoms with Crippen LogP contribution < -0.4 is 0 Å². The normalized spacial score (nSPS) is 27.1. The maximum absolute atomic E-state index is 13.5. The number of fused-ring (bicyclic) bond motifs is 1. The Morgan fingerprint density at radius 2 is 1.74 bits per heavy atom. The summed E-state index contributed by atoms with van der Waals surface area (Å²) in [5, 5.41) is 19.4. The molecule has 35 heavy (non-hydrogen) atoms. The molecule has 0 spiro atoms.